The van der Waals surface area contributed by atoms with E-state index in [0.29, 0.717) is 6.04 Å². The molecule has 0 spiro atoms. The van der Waals surface area contributed by atoms with Crippen molar-refractivity contribution in [1.82, 2.24) is 20.1 Å². The van der Waals surface area contributed by atoms with Crippen molar-refractivity contribution in [3.8, 4) is 0 Å². The molecule has 1 atom stereocenters. The fraction of sp³-hybridized carbons (Fsp3) is 0.562. The van der Waals surface area contributed by atoms with Gasteiger partial charge in [-0.1, -0.05) is 0 Å². The normalized spacial score (nSPS) is 18.9. The quantitative estimate of drug-likeness (QED) is 0.867. The highest BCUT2D eigenvalue weighted by Gasteiger charge is 2.24. The molecule has 1 fully saturated rings. The summed E-state index contributed by atoms with van der Waals surface area (Å²) in [6.45, 7) is 7.10. The van der Waals surface area contributed by atoms with Gasteiger partial charge < -0.3 is 4.90 Å². The summed E-state index contributed by atoms with van der Waals surface area (Å²) in [6, 6.07) is 4.67. The number of anilines is 1. The molecule has 6 heteroatoms. The van der Waals surface area contributed by atoms with Crippen LogP contribution < -0.4 is 4.90 Å². The third-order valence-corrected chi connectivity index (χ3v) is 5.10. The van der Waals surface area contributed by atoms with Crippen molar-refractivity contribution in [3.63, 3.8) is 0 Å². The molecule has 1 aliphatic heterocycles. The molecule has 3 heterocycles. The Morgan fingerprint density at radius 1 is 1.32 bits per heavy atom. The minimum atomic E-state index is 0.555. The van der Waals surface area contributed by atoms with Gasteiger partial charge in [-0.15, -0.1) is 16.4 Å². The average molecular weight is 317 g/mol. The first kappa shape index (κ1) is 15.4. The molecule has 118 valence electrons. The van der Waals surface area contributed by atoms with Crippen LogP contribution in [-0.4, -0.2) is 46.3 Å². The highest BCUT2D eigenvalue weighted by molar-refractivity contribution is 7.11. The lowest BCUT2D eigenvalue weighted by Crippen LogP contribution is -2.46. The summed E-state index contributed by atoms with van der Waals surface area (Å²) in [7, 11) is 2.21. The predicted octanol–water partition coefficient (Wildman–Crippen LogP) is 2.65. The summed E-state index contributed by atoms with van der Waals surface area (Å²) in [5, 5.41) is 9.66. The van der Waals surface area contributed by atoms with E-state index >= 15 is 0 Å². The monoisotopic (exact) mass is 317 g/mol. The topological polar surface area (TPSA) is 45.2 Å². The van der Waals surface area contributed by atoms with E-state index in [4.69, 9.17) is 0 Å². The van der Waals surface area contributed by atoms with E-state index in [2.05, 4.69) is 45.0 Å². The molecule has 2 aromatic heterocycles. The smallest absolute Gasteiger partial charge is 0.151 e. The summed E-state index contributed by atoms with van der Waals surface area (Å²) in [5.74, 6) is 0.998. The Morgan fingerprint density at radius 3 is 2.86 bits per heavy atom. The molecule has 0 aromatic carbocycles. The molecular weight excluding hydrogens is 294 g/mol. The number of piperidine rings is 1. The maximum atomic E-state index is 4.35. The summed E-state index contributed by atoms with van der Waals surface area (Å²) >= 11 is 1.79. The molecular formula is C16H23N5S. The highest BCUT2D eigenvalue weighted by Crippen LogP contribution is 2.22. The lowest BCUT2D eigenvalue weighted by molar-refractivity contribution is 0.209. The fourth-order valence-electron chi connectivity index (χ4n) is 2.94. The van der Waals surface area contributed by atoms with Gasteiger partial charge in [0.25, 0.3) is 0 Å². The van der Waals surface area contributed by atoms with E-state index in [1.54, 1.807) is 11.3 Å². The van der Waals surface area contributed by atoms with E-state index in [-0.39, 0.29) is 0 Å². The van der Waals surface area contributed by atoms with E-state index in [1.165, 1.54) is 17.7 Å². The van der Waals surface area contributed by atoms with Crippen LogP contribution in [0.4, 0.5) is 5.82 Å². The van der Waals surface area contributed by atoms with Gasteiger partial charge in [0.2, 0.25) is 0 Å². The van der Waals surface area contributed by atoms with E-state index in [1.807, 2.05) is 19.2 Å². The Kier molecular flexibility index (Phi) is 4.69. The molecule has 0 unspecified atom stereocenters. The molecule has 0 saturated carbocycles. The van der Waals surface area contributed by atoms with Crippen molar-refractivity contribution in [2.75, 3.05) is 25.0 Å². The summed E-state index contributed by atoms with van der Waals surface area (Å²) in [4.78, 5) is 10.5. The molecule has 0 amide bonds. The molecule has 0 radical (unpaired) electrons. The van der Waals surface area contributed by atoms with Crippen molar-refractivity contribution in [1.29, 1.82) is 0 Å². The Balaban J connectivity index is 1.63. The standard InChI is InChI=1S/C16H23N5S/c1-12-6-7-16(19-18-12)21-8-4-5-14(10-21)20(3)11-15-9-17-13(2)22-15/h6-7,9,14H,4-5,8,10-11H2,1-3H3/t14-/m0/s1. The second-order valence-electron chi connectivity index (χ2n) is 6.04. The van der Waals surface area contributed by atoms with Crippen molar-refractivity contribution < 1.29 is 0 Å². The Labute approximate surface area is 136 Å². The molecule has 0 N–H and O–H groups in total. The maximum Gasteiger partial charge on any atom is 0.151 e. The molecule has 0 aliphatic carbocycles. The minimum Gasteiger partial charge on any atom is -0.354 e. The van der Waals surface area contributed by atoms with Crippen LogP contribution in [0, 0.1) is 13.8 Å². The number of likely N-dealkylation sites (N-methyl/N-ethyl adjacent to an activating group) is 1. The van der Waals surface area contributed by atoms with Gasteiger partial charge in [-0.25, -0.2) is 4.98 Å². The first-order valence-electron chi connectivity index (χ1n) is 7.78. The second-order valence-corrected chi connectivity index (χ2v) is 7.36. The van der Waals surface area contributed by atoms with Crippen LogP contribution in [0.1, 0.15) is 28.4 Å². The third-order valence-electron chi connectivity index (χ3n) is 4.20. The third kappa shape index (κ3) is 3.62. The SMILES string of the molecule is Cc1ccc(N2CCC[C@H](N(C)Cc3cnc(C)s3)C2)nn1. The fourth-order valence-corrected chi connectivity index (χ4v) is 3.79. The number of aromatic nitrogens is 3. The Hall–Kier alpha value is -1.53. The van der Waals surface area contributed by atoms with E-state index < -0.39 is 0 Å². The number of hydrogen-bond donors (Lipinski definition) is 0. The molecule has 1 saturated heterocycles. The van der Waals surface area contributed by atoms with Gasteiger partial charge in [0.05, 0.1) is 10.7 Å². The van der Waals surface area contributed by atoms with Gasteiger partial charge in [0.15, 0.2) is 5.82 Å². The zero-order valence-electron chi connectivity index (χ0n) is 13.5. The molecule has 2 aromatic rings. The van der Waals surface area contributed by atoms with Crippen molar-refractivity contribution >= 4 is 17.2 Å². The van der Waals surface area contributed by atoms with Crippen LogP contribution in [-0.2, 0) is 6.54 Å². The van der Waals surface area contributed by atoms with Gasteiger partial charge in [-0.3, -0.25) is 4.90 Å². The Bertz CT molecular complexity index is 609. The largest absolute Gasteiger partial charge is 0.354 e. The molecule has 3 rings (SSSR count). The van der Waals surface area contributed by atoms with Gasteiger partial charge in [0.1, 0.15) is 0 Å². The highest BCUT2D eigenvalue weighted by atomic mass is 32.1. The van der Waals surface area contributed by atoms with E-state index in [9.17, 15) is 0 Å². The van der Waals surface area contributed by atoms with Crippen molar-refractivity contribution in [3.05, 3.63) is 33.9 Å². The van der Waals surface area contributed by atoms with E-state index in [0.717, 1.165) is 36.2 Å². The van der Waals surface area contributed by atoms with Crippen LogP contribution in [0.2, 0.25) is 0 Å². The van der Waals surface area contributed by atoms with Gasteiger partial charge >= 0.3 is 0 Å². The summed E-state index contributed by atoms with van der Waals surface area (Å²) in [5.41, 5.74) is 0.968. The zero-order chi connectivity index (χ0) is 15.5. The number of hydrogen-bond acceptors (Lipinski definition) is 6. The van der Waals surface area contributed by atoms with Crippen LogP contribution in [0.5, 0.6) is 0 Å². The average Bonchev–Trinajstić information content (AvgIpc) is 2.93. The molecule has 1 aliphatic rings. The van der Waals surface area contributed by atoms with Crippen LogP contribution in [0.15, 0.2) is 18.3 Å². The number of aryl methyl sites for hydroxylation is 2. The molecule has 22 heavy (non-hydrogen) atoms. The molecule has 0 bridgehead atoms. The maximum absolute atomic E-state index is 4.35. The second kappa shape index (κ2) is 6.71. The zero-order valence-corrected chi connectivity index (χ0v) is 14.3. The first-order valence-corrected chi connectivity index (χ1v) is 8.60. The van der Waals surface area contributed by atoms with Crippen LogP contribution in [0.25, 0.3) is 0 Å². The first-order chi connectivity index (χ1) is 10.6. The summed E-state index contributed by atoms with van der Waals surface area (Å²) in [6.07, 6.45) is 4.44. The van der Waals surface area contributed by atoms with Crippen molar-refractivity contribution in [2.24, 2.45) is 0 Å². The van der Waals surface area contributed by atoms with Gasteiger partial charge in [0, 0.05) is 36.8 Å². The molecule has 5 nitrogen and oxygen atoms in total. The summed E-state index contributed by atoms with van der Waals surface area (Å²) < 4.78 is 0. The van der Waals surface area contributed by atoms with Gasteiger partial charge in [-0.05, 0) is 45.9 Å². The van der Waals surface area contributed by atoms with Gasteiger partial charge in [-0.2, -0.15) is 5.10 Å². The minimum absolute atomic E-state index is 0.555. The van der Waals surface area contributed by atoms with Crippen LogP contribution in [0.3, 0.4) is 0 Å². The number of nitrogens with zero attached hydrogens (tertiary/aromatic N) is 5. The number of thiazole rings is 1. The lowest BCUT2D eigenvalue weighted by atomic mass is 10.0. The van der Waals surface area contributed by atoms with Crippen LogP contribution >= 0.6 is 11.3 Å². The number of rotatable bonds is 4. The lowest BCUT2D eigenvalue weighted by Gasteiger charge is -2.37. The van der Waals surface area contributed by atoms with Crippen molar-refractivity contribution in [2.45, 2.75) is 39.3 Å². The predicted molar refractivity (Wildman–Crippen MR) is 90.3 cm³/mol. The Morgan fingerprint density at radius 2 is 2.18 bits per heavy atom.